The van der Waals surface area contributed by atoms with Crippen LogP contribution in [0.4, 0.5) is 0 Å². The van der Waals surface area contributed by atoms with E-state index >= 15 is 0 Å². The number of aliphatic hydroxyl groups is 2. The van der Waals surface area contributed by atoms with Crippen LogP contribution < -0.4 is 4.74 Å². The molecule has 0 radical (unpaired) electrons. The first kappa shape index (κ1) is 17.0. The van der Waals surface area contributed by atoms with Crippen LogP contribution in [0.2, 0.25) is 0 Å². The summed E-state index contributed by atoms with van der Waals surface area (Å²) >= 11 is 0. The molecular formula is C17H28O3. The Bertz CT molecular complexity index is 428. The molecule has 0 saturated heterocycles. The zero-order valence-corrected chi connectivity index (χ0v) is 13.3. The number of aliphatic hydroxyl groups excluding tert-OH is 2. The summed E-state index contributed by atoms with van der Waals surface area (Å²) in [6, 6.07) is 4.16. The lowest BCUT2D eigenvalue weighted by molar-refractivity contribution is 0.00635. The molecule has 0 heterocycles. The number of benzene rings is 1. The van der Waals surface area contributed by atoms with Gasteiger partial charge in [0.15, 0.2) is 0 Å². The second-order valence-electron chi connectivity index (χ2n) is 5.74. The van der Waals surface area contributed by atoms with E-state index < -0.39 is 12.2 Å². The molecule has 2 N–H and O–H groups in total. The molecule has 0 fully saturated rings. The van der Waals surface area contributed by atoms with Crippen LogP contribution in [-0.2, 0) is 0 Å². The van der Waals surface area contributed by atoms with E-state index in [9.17, 15) is 10.2 Å². The minimum absolute atomic E-state index is 0.209. The summed E-state index contributed by atoms with van der Waals surface area (Å²) in [6.07, 6.45) is 0.823. The quantitative estimate of drug-likeness (QED) is 0.805. The highest BCUT2D eigenvalue weighted by atomic mass is 16.5. The van der Waals surface area contributed by atoms with Gasteiger partial charge in [-0.05, 0) is 55.4 Å². The summed E-state index contributed by atoms with van der Waals surface area (Å²) < 4.78 is 5.32. The second kappa shape index (κ2) is 7.65. The van der Waals surface area contributed by atoms with E-state index in [1.165, 1.54) is 5.56 Å². The summed E-state index contributed by atoms with van der Waals surface area (Å²) in [5.41, 5.74) is 3.48. The van der Waals surface area contributed by atoms with E-state index in [0.717, 1.165) is 23.3 Å². The number of hydrogen-bond donors (Lipinski definition) is 2. The first-order valence-electron chi connectivity index (χ1n) is 7.41. The third kappa shape index (κ3) is 4.22. The van der Waals surface area contributed by atoms with Crippen LogP contribution in [0, 0.1) is 13.8 Å². The van der Waals surface area contributed by atoms with Crippen molar-refractivity contribution in [3.05, 3.63) is 28.8 Å². The van der Waals surface area contributed by atoms with Gasteiger partial charge in [-0.3, -0.25) is 0 Å². The minimum atomic E-state index is -0.660. The molecule has 0 aromatic heterocycles. The van der Waals surface area contributed by atoms with E-state index in [1.807, 2.05) is 19.9 Å². The summed E-state index contributed by atoms with van der Waals surface area (Å²) in [4.78, 5) is 0. The molecule has 1 rings (SSSR count). The van der Waals surface area contributed by atoms with Crippen molar-refractivity contribution in [1.82, 2.24) is 0 Å². The number of aryl methyl sites for hydroxylation is 2. The third-order valence-electron chi connectivity index (χ3n) is 3.94. The zero-order chi connectivity index (χ0) is 15.3. The van der Waals surface area contributed by atoms with Crippen molar-refractivity contribution in [3.63, 3.8) is 0 Å². The van der Waals surface area contributed by atoms with Crippen LogP contribution in [0.1, 0.15) is 55.7 Å². The Balaban J connectivity index is 2.82. The average molecular weight is 280 g/mol. The monoisotopic (exact) mass is 280 g/mol. The molecule has 3 atom stereocenters. The van der Waals surface area contributed by atoms with Crippen LogP contribution in [0.3, 0.4) is 0 Å². The molecule has 3 unspecified atom stereocenters. The molecule has 0 aliphatic carbocycles. The lowest BCUT2D eigenvalue weighted by atomic mass is 9.88. The largest absolute Gasteiger partial charge is 0.496 e. The van der Waals surface area contributed by atoms with Gasteiger partial charge in [-0.1, -0.05) is 26.3 Å². The summed E-state index contributed by atoms with van der Waals surface area (Å²) in [5, 5.41) is 19.9. The molecule has 0 amide bonds. The van der Waals surface area contributed by atoms with Crippen molar-refractivity contribution in [2.24, 2.45) is 0 Å². The van der Waals surface area contributed by atoms with Gasteiger partial charge in [-0.2, -0.15) is 0 Å². The third-order valence-corrected chi connectivity index (χ3v) is 3.94. The van der Waals surface area contributed by atoms with E-state index in [1.54, 1.807) is 7.11 Å². The van der Waals surface area contributed by atoms with E-state index in [0.29, 0.717) is 12.8 Å². The Labute approximate surface area is 122 Å². The van der Waals surface area contributed by atoms with Gasteiger partial charge in [0.1, 0.15) is 5.75 Å². The number of ether oxygens (including phenoxy) is 1. The molecule has 0 aliphatic rings. The lowest BCUT2D eigenvalue weighted by Gasteiger charge is -2.23. The van der Waals surface area contributed by atoms with Crippen LogP contribution >= 0.6 is 0 Å². The molecular weight excluding hydrogens is 252 g/mol. The standard InChI is InChI=1S/C17H28O3/c1-6-7-15(18)16(19)9-11(2)14-8-13(4)17(20-5)10-12(14)3/h8,10-11,15-16,18-19H,6-7,9H2,1-5H3. The molecule has 0 spiro atoms. The van der Waals surface area contributed by atoms with Crippen LogP contribution in [0.5, 0.6) is 5.75 Å². The number of hydrogen-bond acceptors (Lipinski definition) is 3. The fourth-order valence-corrected chi connectivity index (χ4v) is 2.70. The summed E-state index contributed by atoms with van der Waals surface area (Å²) in [7, 11) is 1.68. The first-order valence-corrected chi connectivity index (χ1v) is 7.41. The van der Waals surface area contributed by atoms with Gasteiger partial charge in [0, 0.05) is 0 Å². The van der Waals surface area contributed by atoms with Crippen LogP contribution in [0.25, 0.3) is 0 Å². The van der Waals surface area contributed by atoms with Gasteiger partial charge in [0.25, 0.3) is 0 Å². The van der Waals surface area contributed by atoms with Gasteiger partial charge in [-0.15, -0.1) is 0 Å². The van der Waals surface area contributed by atoms with Gasteiger partial charge < -0.3 is 14.9 Å². The summed E-state index contributed by atoms with van der Waals surface area (Å²) in [6.45, 7) is 8.19. The average Bonchev–Trinajstić information content (AvgIpc) is 2.40. The fraction of sp³-hybridized carbons (Fsp3) is 0.647. The SMILES string of the molecule is CCCC(O)C(O)CC(C)c1cc(C)c(OC)cc1C. The molecule has 114 valence electrons. The van der Waals surface area contributed by atoms with Gasteiger partial charge >= 0.3 is 0 Å². The second-order valence-corrected chi connectivity index (χ2v) is 5.74. The van der Waals surface area contributed by atoms with Gasteiger partial charge in [0.2, 0.25) is 0 Å². The minimum Gasteiger partial charge on any atom is -0.496 e. The summed E-state index contributed by atoms with van der Waals surface area (Å²) in [5.74, 6) is 1.10. The lowest BCUT2D eigenvalue weighted by Crippen LogP contribution is -2.27. The zero-order valence-electron chi connectivity index (χ0n) is 13.3. The van der Waals surface area contributed by atoms with E-state index in [-0.39, 0.29) is 5.92 Å². The van der Waals surface area contributed by atoms with Crippen LogP contribution in [0.15, 0.2) is 12.1 Å². The molecule has 1 aromatic carbocycles. The maximum absolute atomic E-state index is 10.1. The van der Waals surface area contributed by atoms with E-state index in [2.05, 4.69) is 19.9 Å². The molecule has 3 nitrogen and oxygen atoms in total. The molecule has 0 aliphatic heterocycles. The maximum Gasteiger partial charge on any atom is 0.122 e. The van der Waals surface area contributed by atoms with E-state index in [4.69, 9.17) is 4.74 Å². The van der Waals surface area contributed by atoms with Gasteiger partial charge in [-0.25, -0.2) is 0 Å². The van der Waals surface area contributed by atoms with Crippen molar-refractivity contribution in [2.45, 2.75) is 65.1 Å². The van der Waals surface area contributed by atoms with Crippen molar-refractivity contribution >= 4 is 0 Å². The Morgan fingerprint density at radius 3 is 2.30 bits per heavy atom. The van der Waals surface area contributed by atoms with Crippen LogP contribution in [-0.4, -0.2) is 29.5 Å². The Kier molecular flexibility index (Phi) is 6.50. The smallest absolute Gasteiger partial charge is 0.122 e. The predicted molar refractivity (Wildman–Crippen MR) is 82.4 cm³/mol. The Morgan fingerprint density at radius 2 is 1.75 bits per heavy atom. The topological polar surface area (TPSA) is 49.7 Å². The fourth-order valence-electron chi connectivity index (χ4n) is 2.70. The molecule has 0 saturated carbocycles. The highest BCUT2D eigenvalue weighted by molar-refractivity contribution is 5.42. The number of methoxy groups -OCH3 is 1. The molecule has 20 heavy (non-hydrogen) atoms. The Morgan fingerprint density at radius 1 is 1.10 bits per heavy atom. The molecule has 1 aromatic rings. The highest BCUT2D eigenvalue weighted by Crippen LogP contribution is 2.30. The molecule has 0 bridgehead atoms. The van der Waals surface area contributed by atoms with Crippen molar-refractivity contribution in [3.8, 4) is 5.75 Å². The highest BCUT2D eigenvalue weighted by Gasteiger charge is 2.20. The number of rotatable bonds is 7. The van der Waals surface area contributed by atoms with Crippen molar-refractivity contribution < 1.29 is 14.9 Å². The first-order chi connectivity index (χ1) is 9.40. The molecule has 3 heteroatoms. The van der Waals surface area contributed by atoms with Gasteiger partial charge in [0.05, 0.1) is 19.3 Å². The van der Waals surface area contributed by atoms with Crippen molar-refractivity contribution in [2.75, 3.05) is 7.11 Å². The predicted octanol–water partition coefficient (Wildman–Crippen LogP) is 3.33. The maximum atomic E-state index is 10.1. The normalized spacial score (nSPS) is 15.8. The Hall–Kier alpha value is -1.06. The van der Waals surface area contributed by atoms with Crippen molar-refractivity contribution in [1.29, 1.82) is 0 Å².